The first kappa shape index (κ1) is 9.00. The molecule has 0 radical (unpaired) electrons. The zero-order valence-electron chi connectivity index (χ0n) is 8.21. The molecule has 0 aliphatic heterocycles. The van der Waals surface area contributed by atoms with Crippen molar-refractivity contribution in [3.63, 3.8) is 0 Å². The van der Waals surface area contributed by atoms with Crippen molar-refractivity contribution in [1.29, 1.82) is 0 Å². The van der Waals surface area contributed by atoms with Gasteiger partial charge in [-0.25, -0.2) is 0 Å². The largest absolute Gasteiger partial charge is 0.381 e. The maximum absolute atomic E-state index is 11.4. The van der Waals surface area contributed by atoms with E-state index in [-0.39, 0.29) is 5.91 Å². The molecule has 2 unspecified atom stereocenters. The van der Waals surface area contributed by atoms with Gasteiger partial charge in [-0.05, 0) is 44.9 Å². The molecule has 2 saturated carbocycles. The summed E-state index contributed by atoms with van der Waals surface area (Å²) in [5, 5.41) is 12.3. The number of carbonyl (C=O) groups is 1. The van der Waals surface area contributed by atoms with Crippen LogP contribution in [0.1, 0.15) is 33.1 Å². The van der Waals surface area contributed by atoms with E-state index in [1.54, 1.807) is 0 Å². The Morgan fingerprint density at radius 2 is 1.85 bits per heavy atom. The monoisotopic (exact) mass is 183 g/mol. The van der Waals surface area contributed by atoms with Crippen molar-refractivity contribution >= 4 is 5.91 Å². The topological polar surface area (TPSA) is 49.3 Å². The molecule has 2 rings (SSSR count). The number of hydrogen-bond donors (Lipinski definition) is 2. The predicted octanol–water partition coefficient (Wildman–Crippen LogP) is 0.672. The molecular weight excluding hydrogens is 166 g/mol. The van der Waals surface area contributed by atoms with Gasteiger partial charge in [0.25, 0.3) is 5.91 Å². The van der Waals surface area contributed by atoms with Crippen LogP contribution in [-0.2, 0) is 4.79 Å². The average Bonchev–Trinajstić information content (AvgIpc) is 2.57. The molecule has 2 aliphatic carbocycles. The van der Waals surface area contributed by atoms with Gasteiger partial charge in [0.15, 0.2) is 0 Å². The Balaban J connectivity index is 1.81. The quantitative estimate of drug-likeness (QED) is 0.661. The lowest BCUT2D eigenvalue weighted by atomic mass is 10.1. The second-order valence-corrected chi connectivity index (χ2v) is 4.96. The third kappa shape index (κ3) is 1.85. The van der Waals surface area contributed by atoms with Crippen molar-refractivity contribution in [3.05, 3.63) is 0 Å². The van der Waals surface area contributed by atoms with Gasteiger partial charge in [-0.2, -0.15) is 0 Å². The molecule has 0 aromatic rings. The van der Waals surface area contributed by atoms with Crippen molar-refractivity contribution in [2.45, 2.75) is 44.8 Å². The second-order valence-electron chi connectivity index (χ2n) is 4.96. The highest BCUT2D eigenvalue weighted by Gasteiger charge is 2.46. The number of nitrogens with one attached hydrogen (secondary N) is 1. The first-order valence-electron chi connectivity index (χ1n) is 5.00. The Kier molecular flexibility index (Phi) is 1.88. The van der Waals surface area contributed by atoms with E-state index in [2.05, 4.69) is 5.32 Å². The Morgan fingerprint density at radius 1 is 1.31 bits per heavy atom. The van der Waals surface area contributed by atoms with Gasteiger partial charge in [0.2, 0.25) is 0 Å². The van der Waals surface area contributed by atoms with Gasteiger partial charge >= 0.3 is 0 Å². The number of rotatable bonds is 2. The molecule has 0 aromatic carbocycles. The summed E-state index contributed by atoms with van der Waals surface area (Å²) in [6.45, 7) is 3.05. The van der Waals surface area contributed by atoms with Crippen LogP contribution in [0.25, 0.3) is 0 Å². The molecule has 2 N–H and O–H groups in total. The minimum Gasteiger partial charge on any atom is -0.381 e. The number of fused-ring (bicyclic) bond motifs is 1. The Hall–Kier alpha value is -0.570. The third-order valence-corrected chi connectivity index (χ3v) is 3.13. The van der Waals surface area contributed by atoms with Gasteiger partial charge in [0.05, 0.1) is 0 Å². The van der Waals surface area contributed by atoms with Crippen LogP contribution in [0.2, 0.25) is 0 Å². The van der Waals surface area contributed by atoms with Crippen molar-refractivity contribution in [2.75, 3.05) is 0 Å². The normalized spacial score (nSPS) is 37.0. The summed E-state index contributed by atoms with van der Waals surface area (Å²) in [4.78, 5) is 11.4. The minimum absolute atomic E-state index is 0.237. The highest BCUT2D eigenvalue weighted by molar-refractivity contribution is 5.84. The van der Waals surface area contributed by atoms with Crippen molar-refractivity contribution in [2.24, 2.45) is 11.8 Å². The average molecular weight is 183 g/mol. The molecule has 3 heteroatoms. The van der Waals surface area contributed by atoms with Gasteiger partial charge in [-0.1, -0.05) is 0 Å². The minimum atomic E-state index is -1.23. The highest BCUT2D eigenvalue weighted by atomic mass is 16.3. The van der Waals surface area contributed by atoms with Gasteiger partial charge in [-0.15, -0.1) is 0 Å². The molecule has 13 heavy (non-hydrogen) atoms. The zero-order chi connectivity index (χ0) is 9.64. The van der Waals surface area contributed by atoms with Crippen molar-refractivity contribution in [3.8, 4) is 0 Å². The van der Waals surface area contributed by atoms with Crippen LogP contribution in [0.3, 0.4) is 0 Å². The van der Waals surface area contributed by atoms with E-state index in [0.29, 0.717) is 6.04 Å². The molecular formula is C10H17NO2. The fourth-order valence-corrected chi connectivity index (χ4v) is 2.19. The van der Waals surface area contributed by atoms with Gasteiger partial charge in [0, 0.05) is 6.04 Å². The first-order chi connectivity index (χ1) is 5.97. The highest BCUT2D eigenvalue weighted by Crippen LogP contribution is 2.51. The fourth-order valence-electron chi connectivity index (χ4n) is 2.19. The zero-order valence-corrected chi connectivity index (χ0v) is 8.21. The van der Waals surface area contributed by atoms with E-state index < -0.39 is 5.60 Å². The van der Waals surface area contributed by atoms with Gasteiger partial charge in [0.1, 0.15) is 5.60 Å². The van der Waals surface area contributed by atoms with Crippen molar-refractivity contribution < 1.29 is 9.90 Å². The summed E-state index contributed by atoms with van der Waals surface area (Å²) in [6, 6.07) is 0.322. The second kappa shape index (κ2) is 2.71. The molecule has 0 aromatic heterocycles. The van der Waals surface area contributed by atoms with E-state index >= 15 is 0 Å². The van der Waals surface area contributed by atoms with E-state index in [1.165, 1.54) is 20.3 Å². The number of amides is 1. The lowest BCUT2D eigenvalue weighted by Gasteiger charge is -2.21. The van der Waals surface area contributed by atoms with Crippen LogP contribution >= 0.6 is 0 Å². The summed E-state index contributed by atoms with van der Waals surface area (Å²) in [7, 11) is 0. The van der Waals surface area contributed by atoms with E-state index in [4.69, 9.17) is 0 Å². The molecule has 0 bridgehead atoms. The lowest BCUT2D eigenvalue weighted by Crippen LogP contribution is -2.46. The van der Waals surface area contributed by atoms with Crippen LogP contribution in [0.5, 0.6) is 0 Å². The molecule has 0 saturated heterocycles. The van der Waals surface area contributed by atoms with Crippen LogP contribution in [0.15, 0.2) is 0 Å². The maximum atomic E-state index is 11.4. The molecule has 2 atom stereocenters. The summed E-state index contributed by atoms with van der Waals surface area (Å²) in [5.41, 5.74) is -1.23. The molecule has 74 valence electrons. The number of carbonyl (C=O) groups excluding carboxylic acids is 1. The van der Waals surface area contributed by atoms with Gasteiger partial charge < -0.3 is 10.4 Å². The molecule has 2 fully saturated rings. The van der Waals surface area contributed by atoms with E-state index in [9.17, 15) is 9.90 Å². The predicted molar refractivity (Wildman–Crippen MR) is 49.1 cm³/mol. The first-order valence-corrected chi connectivity index (χ1v) is 5.00. The SMILES string of the molecule is CC(C)(O)C(=O)NC1CC2CC2C1. The van der Waals surface area contributed by atoms with Crippen LogP contribution < -0.4 is 5.32 Å². The summed E-state index contributed by atoms with van der Waals surface area (Å²) >= 11 is 0. The lowest BCUT2D eigenvalue weighted by molar-refractivity contribution is -0.137. The molecule has 2 aliphatic rings. The molecule has 1 amide bonds. The Labute approximate surface area is 78.5 Å². The Morgan fingerprint density at radius 3 is 2.31 bits per heavy atom. The standard InChI is InChI=1S/C10H17NO2/c1-10(2,13)9(12)11-8-4-6-3-7(6)5-8/h6-8,13H,3-5H2,1-2H3,(H,11,12). The van der Waals surface area contributed by atoms with Crippen molar-refractivity contribution in [1.82, 2.24) is 5.32 Å². The van der Waals surface area contributed by atoms with E-state index in [1.807, 2.05) is 0 Å². The summed E-state index contributed by atoms with van der Waals surface area (Å²) < 4.78 is 0. The smallest absolute Gasteiger partial charge is 0.251 e. The van der Waals surface area contributed by atoms with Gasteiger partial charge in [-0.3, -0.25) is 4.79 Å². The van der Waals surface area contributed by atoms with Crippen LogP contribution in [0.4, 0.5) is 0 Å². The van der Waals surface area contributed by atoms with E-state index in [0.717, 1.165) is 24.7 Å². The molecule has 0 spiro atoms. The van der Waals surface area contributed by atoms with Crippen LogP contribution in [-0.4, -0.2) is 22.7 Å². The van der Waals surface area contributed by atoms with Crippen LogP contribution in [0, 0.1) is 11.8 Å². The molecule has 3 nitrogen and oxygen atoms in total. The fraction of sp³-hybridized carbons (Fsp3) is 0.900. The Bertz CT molecular complexity index is 222. The summed E-state index contributed by atoms with van der Waals surface area (Å²) in [6.07, 6.45) is 3.59. The summed E-state index contributed by atoms with van der Waals surface area (Å²) in [5.74, 6) is 1.50. The molecule has 0 heterocycles. The maximum Gasteiger partial charge on any atom is 0.251 e. The number of aliphatic hydroxyl groups is 1. The third-order valence-electron chi connectivity index (χ3n) is 3.13. The number of hydrogen-bond acceptors (Lipinski definition) is 2.